The Balaban J connectivity index is 1.55. The molecule has 1 aromatic rings. The lowest BCUT2D eigenvalue weighted by Crippen LogP contribution is -2.46. The number of anilines is 1. The van der Waals surface area contributed by atoms with Crippen LogP contribution in [0.25, 0.3) is 0 Å². The summed E-state index contributed by atoms with van der Waals surface area (Å²) in [5, 5.41) is 5.44. The molecule has 3 rings (SSSR count). The average Bonchev–Trinajstić information content (AvgIpc) is 3.45. The van der Waals surface area contributed by atoms with Gasteiger partial charge in [-0.15, -0.1) is 0 Å². The zero-order valence-corrected chi connectivity index (χ0v) is 15.6. The zero-order chi connectivity index (χ0) is 19.4. The molecule has 2 fully saturated rings. The highest BCUT2D eigenvalue weighted by Gasteiger charge is 2.56. The molecule has 0 spiro atoms. The molecule has 1 atom stereocenters. The molecular weight excluding hydrogens is 350 g/mol. The summed E-state index contributed by atoms with van der Waals surface area (Å²) < 4.78 is 10.6. The number of nitrogens with one attached hydrogen (secondary N) is 2. The molecule has 1 heterocycles. The second-order valence-corrected chi connectivity index (χ2v) is 7.07. The fraction of sp³-hybridized carbons (Fsp3) is 0.526. The third kappa shape index (κ3) is 4.39. The number of carbonyl (C=O) groups excluding carboxylic acids is 3. The van der Waals surface area contributed by atoms with E-state index in [1.54, 1.807) is 38.3 Å². The van der Waals surface area contributed by atoms with Crippen molar-refractivity contribution in [3.63, 3.8) is 0 Å². The minimum absolute atomic E-state index is 0.161. The van der Waals surface area contributed by atoms with Gasteiger partial charge in [0, 0.05) is 31.9 Å². The van der Waals surface area contributed by atoms with Crippen LogP contribution in [0.5, 0.6) is 5.75 Å². The highest BCUT2D eigenvalue weighted by molar-refractivity contribution is 6.10. The van der Waals surface area contributed by atoms with Gasteiger partial charge in [0.1, 0.15) is 17.8 Å². The van der Waals surface area contributed by atoms with Crippen molar-refractivity contribution in [2.45, 2.75) is 31.7 Å². The number of amides is 4. The molecular formula is C19H25N3O5. The monoisotopic (exact) mass is 375 g/mol. The summed E-state index contributed by atoms with van der Waals surface area (Å²) in [6.07, 6.45) is 2.60. The lowest BCUT2D eigenvalue weighted by Gasteiger charge is -2.20. The lowest BCUT2D eigenvalue weighted by molar-refractivity contribution is -0.134. The third-order valence-electron chi connectivity index (χ3n) is 4.88. The molecule has 0 bridgehead atoms. The van der Waals surface area contributed by atoms with Crippen molar-refractivity contribution in [1.29, 1.82) is 0 Å². The Labute approximate surface area is 158 Å². The Bertz CT molecular complexity index is 734. The van der Waals surface area contributed by atoms with Crippen molar-refractivity contribution in [1.82, 2.24) is 10.2 Å². The van der Waals surface area contributed by atoms with Gasteiger partial charge in [0.2, 0.25) is 5.91 Å². The van der Waals surface area contributed by atoms with Crippen LogP contribution in [0, 0.1) is 5.92 Å². The summed E-state index contributed by atoms with van der Waals surface area (Å²) >= 11 is 0. The molecule has 146 valence electrons. The van der Waals surface area contributed by atoms with Gasteiger partial charge < -0.3 is 20.1 Å². The van der Waals surface area contributed by atoms with E-state index in [-0.39, 0.29) is 18.4 Å². The van der Waals surface area contributed by atoms with E-state index in [4.69, 9.17) is 9.47 Å². The zero-order valence-electron chi connectivity index (χ0n) is 15.6. The fourth-order valence-corrected chi connectivity index (χ4v) is 3.20. The SMILES string of the molecule is COCCCOc1cccc(NC(=O)CN2C(=O)N[C@](C)(C3CC3)C2=O)c1. The minimum Gasteiger partial charge on any atom is -0.493 e. The van der Waals surface area contributed by atoms with Crippen LogP contribution in [0.15, 0.2) is 24.3 Å². The first-order chi connectivity index (χ1) is 12.9. The summed E-state index contributed by atoms with van der Waals surface area (Å²) in [4.78, 5) is 38.0. The maximum absolute atomic E-state index is 12.6. The number of hydrogen-bond donors (Lipinski definition) is 2. The number of rotatable bonds is 9. The molecule has 2 aliphatic rings. The number of methoxy groups -OCH3 is 1. The first-order valence-electron chi connectivity index (χ1n) is 9.10. The molecule has 1 aromatic carbocycles. The van der Waals surface area contributed by atoms with E-state index in [0.717, 1.165) is 24.2 Å². The summed E-state index contributed by atoms with van der Waals surface area (Å²) in [5.74, 6) is 0.0182. The topological polar surface area (TPSA) is 97.0 Å². The van der Waals surface area contributed by atoms with Gasteiger partial charge in [-0.2, -0.15) is 0 Å². The van der Waals surface area contributed by atoms with E-state index in [2.05, 4.69) is 10.6 Å². The molecule has 1 saturated heterocycles. The summed E-state index contributed by atoms with van der Waals surface area (Å²) in [7, 11) is 1.63. The van der Waals surface area contributed by atoms with Gasteiger partial charge >= 0.3 is 6.03 Å². The predicted octanol–water partition coefficient (Wildman–Crippen LogP) is 1.76. The standard InChI is InChI=1S/C19H25N3O5/c1-19(13-7-8-13)17(24)22(18(25)21-19)12-16(23)20-14-5-3-6-15(11-14)27-10-4-9-26-2/h3,5-6,11,13H,4,7-10,12H2,1-2H3,(H,20,23)(H,21,25)/t19-/m1/s1. The van der Waals surface area contributed by atoms with Gasteiger partial charge in [0.15, 0.2) is 0 Å². The van der Waals surface area contributed by atoms with Crippen LogP contribution in [0.3, 0.4) is 0 Å². The van der Waals surface area contributed by atoms with E-state index >= 15 is 0 Å². The highest BCUT2D eigenvalue weighted by Crippen LogP contribution is 2.42. The maximum Gasteiger partial charge on any atom is 0.325 e. The molecule has 2 N–H and O–H groups in total. The van der Waals surface area contributed by atoms with Crippen LogP contribution >= 0.6 is 0 Å². The quantitative estimate of drug-likeness (QED) is 0.506. The first kappa shape index (κ1) is 19.2. The largest absolute Gasteiger partial charge is 0.493 e. The maximum atomic E-state index is 12.6. The van der Waals surface area contributed by atoms with Crippen molar-refractivity contribution >= 4 is 23.5 Å². The number of hydrogen-bond acceptors (Lipinski definition) is 5. The molecule has 0 radical (unpaired) electrons. The molecule has 1 saturated carbocycles. The minimum atomic E-state index is -0.882. The van der Waals surface area contributed by atoms with Gasteiger partial charge in [-0.1, -0.05) is 6.07 Å². The van der Waals surface area contributed by atoms with Crippen LogP contribution < -0.4 is 15.4 Å². The Morgan fingerprint density at radius 1 is 1.33 bits per heavy atom. The molecule has 8 nitrogen and oxygen atoms in total. The molecule has 0 unspecified atom stereocenters. The number of nitrogens with zero attached hydrogens (tertiary/aromatic N) is 1. The second kappa shape index (κ2) is 7.96. The van der Waals surface area contributed by atoms with E-state index in [1.807, 2.05) is 0 Å². The molecule has 1 aliphatic heterocycles. The van der Waals surface area contributed by atoms with E-state index < -0.39 is 17.5 Å². The first-order valence-corrected chi connectivity index (χ1v) is 9.10. The van der Waals surface area contributed by atoms with E-state index in [1.165, 1.54) is 0 Å². The Kier molecular flexibility index (Phi) is 5.65. The third-order valence-corrected chi connectivity index (χ3v) is 4.88. The number of urea groups is 1. The van der Waals surface area contributed by atoms with Crippen molar-refractivity contribution in [2.24, 2.45) is 5.92 Å². The summed E-state index contributed by atoms with van der Waals surface area (Å²) in [5.41, 5.74) is -0.339. The highest BCUT2D eigenvalue weighted by atomic mass is 16.5. The Morgan fingerprint density at radius 3 is 2.81 bits per heavy atom. The molecule has 0 aromatic heterocycles. The van der Waals surface area contributed by atoms with Crippen LogP contribution in [0.1, 0.15) is 26.2 Å². The molecule has 8 heteroatoms. The van der Waals surface area contributed by atoms with E-state index in [0.29, 0.717) is 24.7 Å². The summed E-state index contributed by atoms with van der Waals surface area (Å²) in [6, 6.07) is 6.46. The Morgan fingerprint density at radius 2 is 2.11 bits per heavy atom. The molecule has 27 heavy (non-hydrogen) atoms. The molecule has 4 amide bonds. The van der Waals surface area contributed by atoms with Gasteiger partial charge in [0.25, 0.3) is 5.91 Å². The average molecular weight is 375 g/mol. The van der Waals surface area contributed by atoms with Crippen LogP contribution in [0.2, 0.25) is 0 Å². The van der Waals surface area contributed by atoms with Gasteiger partial charge in [-0.3, -0.25) is 14.5 Å². The number of ether oxygens (including phenoxy) is 2. The van der Waals surface area contributed by atoms with Gasteiger partial charge in [0.05, 0.1) is 6.61 Å². The smallest absolute Gasteiger partial charge is 0.325 e. The second-order valence-electron chi connectivity index (χ2n) is 7.07. The van der Waals surface area contributed by atoms with Crippen LogP contribution in [-0.4, -0.2) is 55.2 Å². The fourth-order valence-electron chi connectivity index (χ4n) is 3.20. The normalized spacial score (nSPS) is 21.9. The number of benzene rings is 1. The van der Waals surface area contributed by atoms with E-state index in [9.17, 15) is 14.4 Å². The van der Waals surface area contributed by atoms with Crippen molar-refractivity contribution in [3.8, 4) is 5.75 Å². The van der Waals surface area contributed by atoms with Crippen LogP contribution in [-0.2, 0) is 14.3 Å². The summed E-state index contributed by atoms with van der Waals surface area (Å²) in [6.45, 7) is 2.54. The van der Waals surface area contributed by atoms with Gasteiger partial charge in [-0.25, -0.2) is 4.79 Å². The van der Waals surface area contributed by atoms with Crippen molar-refractivity contribution in [2.75, 3.05) is 32.2 Å². The van der Waals surface area contributed by atoms with Gasteiger partial charge in [-0.05, 0) is 37.8 Å². The van der Waals surface area contributed by atoms with Crippen molar-refractivity contribution < 1.29 is 23.9 Å². The molecule has 1 aliphatic carbocycles. The Hall–Kier alpha value is -2.61. The number of carbonyl (C=O) groups is 3. The predicted molar refractivity (Wildman–Crippen MR) is 98.4 cm³/mol. The number of imide groups is 1. The van der Waals surface area contributed by atoms with Crippen LogP contribution in [0.4, 0.5) is 10.5 Å². The van der Waals surface area contributed by atoms with Crippen molar-refractivity contribution in [3.05, 3.63) is 24.3 Å². The lowest BCUT2D eigenvalue weighted by atomic mass is 9.96.